The maximum Gasteiger partial charge on any atom is 0.322 e. The van der Waals surface area contributed by atoms with Crippen molar-refractivity contribution in [3.8, 4) is 0 Å². The van der Waals surface area contributed by atoms with Crippen molar-refractivity contribution in [1.29, 1.82) is 0 Å². The minimum Gasteiger partial charge on any atom is -0.481 e. The van der Waals surface area contributed by atoms with E-state index in [2.05, 4.69) is 0 Å². The quantitative estimate of drug-likeness (QED) is 0.536. The van der Waals surface area contributed by atoms with Crippen molar-refractivity contribution in [3.05, 3.63) is 0 Å². The largest absolute Gasteiger partial charge is 0.481 e. The summed E-state index contributed by atoms with van der Waals surface area (Å²) >= 11 is 0. The van der Waals surface area contributed by atoms with Crippen LogP contribution in [0.3, 0.4) is 0 Å². The van der Waals surface area contributed by atoms with E-state index in [1.807, 2.05) is 0 Å². The van der Waals surface area contributed by atoms with Crippen molar-refractivity contribution < 1.29 is 19.4 Å². The van der Waals surface area contributed by atoms with E-state index >= 15 is 0 Å². The van der Waals surface area contributed by atoms with Crippen LogP contribution in [0.25, 0.3) is 0 Å². The van der Waals surface area contributed by atoms with Crippen molar-refractivity contribution in [2.45, 2.75) is 26.4 Å². The highest BCUT2D eigenvalue weighted by atomic mass is 35.5. The number of carboxylic acid groups (broad SMARTS) is 1. The van der Waals surface area contributed by atoms with Crippen LogP contribution in [0.2, 0.25) is 0 Å². The van der Waals surface area contributed by atoms with E-state index < -0.39 is 23.5 Å². The zero-order valence-corrected chi connectivity index (χ0v) is 9.26. The molecule has 0 bridgehead atoms. The van der Waals surface area contributed by atoms with Gasteiger partial charge in [0.15, 0.2) is 5.92 Å². The van der Waals surface area contributed by atoms with Crippen molar-refractivity contribution in [2.24, 2.45) is 11.7 Å². The minimum atomic E-state index is -1.26. The summed E-state index contributed by atoms with van der Waals surface area (Å²) in [7, 11) is 0. The molecule has 6 heteroatoms. The second-order valence-electron chi connectivity index (χ2n) is 3.66. The molecule has 0 saturated heterocycles. The van der Waals surface area contributed by atoms with Gasteiger partial charge in [0.1, 0.15) is 5.60 Å². The number of carboxylic acids is 1. The normalized spacial score (nSPS) is 12.6. The zero-order chi connectivity index (χ0) is 10.6. The Morgan fingerprint density at radius 3 is 2.07 bits per heavy atom. The van der Waals surface area contributed by atoms with E-state index in [1.54, 1.807) is 20.8 Å². The standard InChI is InChI=1S/C8H15NO4.ClH/c1-8(2,3)13-7(12)5(4-9)6(10)11;/h5H,4,9H2,1-3H3,(H,10,11);1H/t5-;/m0./s1. The Morgan fingerprint density at radius 1 is 1.43 bits per heavy atom. The first-order chi connectivity index (χ1) is 5.78. The molecule has 1 atom stereocenters. The van der Waals surface area contributed by atoms with Crippen LogP contribution in [0.1, 0.15) is 20.8 Å². The molecule has 0 amide bonds. The molecule has 0 spiro atoms. The molecular formula is C8H16ClNO4. The van der Waals surface area contributed by atoms with Crippen molar-refractivity contribution >= 4 is 24.3 Å². The Balaban J connectivity index is 0. The number of hydrogen-bond donors (Lipinski definition) is 2. The third-order valence-electron chi connectivity index (χ3n) is 1.23. The molecule has 0 aromatic rings. The molecule has 0 radical (unpaired) electrons. The van der Waals surface area contributed by atoms with Gasteiger partial charge < -0.3 is 15.6 Å². The van der Waals surface area contributed by atoms with Crippen LogP contribution in [0.5, 0.6) is 0 Å². The lowest BCUT2D eigenvalue weighted by Gasteiger charge is -2.21. The van der Waals surface area contributed by atoms with E-state index in [-0.39, 0.29) is 19.0 Å². The molecule has 0 rings (SSSR count). The third-order valence-corrected chi connectivity index (χ3v) is 1.23. The maximum atomic E-state index is 11.1. The third kappa shape index (κ3) is 5.77. The van der Waals surface area contributed by atoms with Gasteiger partial charge in [0.25, 0.3) is 0 Å². The van der Waals surface area contributed by atoms with Crippen molar-refractivity contribution in [2.75, 3.05) is 6.54 Å². The van der Waals surface area contributed by atoms with E-state index in [1.165, 1.54) is 0 Å². The predicted octanol–water partition coefficient (Wildman–Crippen LogP) is 0.409. The fourth-order valence-corrected chi connectivity index (χ4v) is 0.671. The summed E-state index contributed by atoms with van der Waals surface area (Å²) in [5.41, 5.74) is 4.43. The monoisotopic (exact) mass is 225 g/mol. The molecule has 3 N–H and O–H groups in total. The number of esters is 1. The van der Waals surface area contributed by atoms with Gasteiger partial charge in [-0.15, -0.1) is 12.4 Å². The van der Waals surface area contributed by atoms with Gasteiger partial charge in [-0.2, -0.15) is 0 Å². The number of aliphatic carboxylic acids is 1. The van der Waals surface area contributed by atoms with Crippen LogP contribution < -0.4 is 5.73 Å². The second-order valence-corrected chi connectivity index (χ2v) is 3.66. The summed E-state index contributed by atoms with van der Waals surface area (Å²) in [6.07, 6.45) is 0. The van der Waals surface area contributed by atoms with Crippen LogP contribution in [-0.4, -0.2) is 29.2 Å². The number of carbonyl (C=O) groups is 2. The van der Waals surface area contributed by atoms with Crippen LogP contribution in [0.15, 0.2) is 0 Å². The Labute approximate surface area is 89.0 Å². The van der Waals surface area contributed by atoms with Gasteiger partial charge in [-0.1, -0.05) is 0 Å². The first-order valence-electron chi connectivity index (χ1n) is 3.93. The van der Waals surface area contributed by atoms with E-state index in [4.69, 9.17) is 15.6 Å². The molecule has 0 aromatic carbocycles. The average molecular weight is 226 g/mol. The first kappa shape index (κ1) is 15.7. The van der Waals surface area contributed by atoms with Crippen LogP contribution >= 0.6 is 12.4 Å². The van der Waals surface area contributed by atoms with Gasteiger partial charge >= 0.3 is 11.9 Å². The van der Waals surface area contributed by atoms with Gasteiger partial charge in [0, 0.05) is 6.54 Å². The molecule has 0 aliphatic heterocycles. The highest BCUT2D eigenvalue weighted by Crippen LogP contribution is 2.10. The summed E-state index contributed by atoms with van der Waals surface area (Å²) in [6, 6.07) is 0. The summed E-state index contributed by atoms with van der Waals surface area (Å²) in [6.45, 7) is 4.76. The smallest absolute Gasteiger partial charge is 0.322 e. The number of nitrogens with two attached hydrogens (primary N) is 1. The van der Waals surface area contributed by atoms with E-state index in [0.717, 1.165) is 0 Å². The fourth-order valence-electron chi connectivity index (χ4n) is 0.671. The fraction of sp³-hybridized carbons (Fsp3) is 0.750. The topological polar surface area (TPSA) is 89.6 Å². The molecule has 0 aromatic heterocycles. The molecule has 0 unspecified atom stereocenters. The van der Waals surface area contributed by atoms with E-state index in [0.29, 0.717) is 0 Å². The van der Waals surface area contributed by atoms with Crippen molar-refractivity contribution in [3.63, 3.8) is 0 Å². The Morgan fingerprint density at radius 2 is 1.86 bits per heavy atom. The predicted molar refractivity (Wildman–Crippen MR) is 53.3 cm³/mol. The maximum absolute atomic E-state index is 11.1. The SMILES string of the molecule is CC(C)(C)OC(=O)[C@@H](CN)C(=O)O.Cl. The molecule has 5 nitrogen and oxygen atoms in total. The van der Waals surface area contributed by atoms with Gasteiger partial charge in [0.05, 0.1) is 0 Å². The number of halogens is 1. The molecule has 0 fully saturated rings. The number of hydrogen-bond acceptors (Lipinski definition) is 4. The Bertz CT molecular complexity index is 212. The molecule has 0 saturated carbocycles. The minimum absolute atomic E-state index is 0. The summed E-state index contributed by atoms with van der Waals surface area (Å²) in [5, 5.41) is 8.56. The molecule has 0 aliphatic rings. The van der Waals surface area contributed by atoms with Gasteiger partial charge in [-0.25, -0.2) is 0 Å². The number of ether oxygens (including phenoxy) is 1. The lowest BCUT2D eigenvalue weighted by molar-refractivity contribution is -0.166. The lowest BCUT2D eigenvalue weighted by Crippen LogP contribution is -2.36. The van der Waals surface area contributed by atoms with Gasteiger partial charge in [-0.3, -0.25) is 9.59 Å². The molecule has 84 valence electrons. The summed E-state index contributed by atoms with van der Waals surface area (Å²) in [5.74, 6) is -3.31. The average Bonchev–Trinajstić information content (AvgIpc) is 1.82. The van der Waals surface area contributed by atoms with Gasteiger partial charge in [-0.05, 0) is 20.8 Å². The summed E-state index contributed by atoms with van der Waals surface area (Å²) in [4.78, 5) is 21.6. The Kier molecular flexibility index (Phi) is 6.51. The molecule has 0 aliphatic carbocycles. The number of carbonyl (C=O) groups excluding carboxylic acids is 1. The highest BCUT2D eigenvalue weighted by molar-refractivity contribution is 5.94. The van der Waals surface area contributed by atoms with Crippen LogP contribution in [0.4, 0.5) is 0 Å². The van der Waals surface area contributed by atoms with Crippen LogP contribution in [0, 0.1) is 5.92 Å². The summed E-state index contributed by atoms with van der Waals surface area (Å²) < 4.78 is 4.85. The van der Waals surface area contributed by atoms with Gasteiger partial charge in [0.2, 0.25) is 0 Å². The molecule has 14 heavy (non-hydrogen) atoms. The van der Waals surface area contributed by atoms with Crippen molar-refractivity contribution in [1.82, 2.24) is 0 Å². The van der Waals surface area contributed by atoms with Crippen LogP contribution in [-0.2, 0) is 14.3 Å². The molecular weight excluding hydrogens is 210 g/mol. The number of rotatable bonds is 3. The highest BCUT2D eigenvalue weighted by Gasteiger charge is 2.29. The molecule has 0 heterocycles. The zero-order valence-electron chi connectivity index (χ0n) is 8.44. The first-order valence-corrected chi connectivity index (χ1v) is 3.93. The second kappa shape index (κ2) is 5.82. The van der Waals surface area contributed by atoms with E-state index in [9.17, 15) is 9.59 Å². The lowest BCUT2D eigenvalue weighted by atomic mass is 10.1. The Hall–Kier alpha value is -0.810.